The Labute approximate surface area is 226 Å². The SMILES string of the molecule is CC(C)(C)C(=O)OC1=C(c2c(F)ccc(-c3cccc(Cl)c3)c2Cl)S(=O)(=O)N(CC(F)F)c2nccnc21. The van der Waals surface area contributed by atoms with Crippen molar-refractivity contribution in [1.82, 2.24) is 9.97 Å². The number of carbonyl (C=O) groups is 1. The van der Waals surface area contributed by atoms with Gasteiger partial charge in [0.25, 0.3) is 16.4 Å². The third kappa shape index (κ3) is 5.10. The van der Waals surface area contributed by atoms with E-state index in [9.17, 15) is 22.0 Å². The van der Waals surface area contributed by atoms with Crippen LogP contribution in [-0.2, 0) is 19.6 Å². The van der Waals surface area contributed by atoms with Gasteiger partial charge < -0.3 is 4.74 Å². The van der Waals surface area contributed by atoms with E-state index in [0.717, 1.165) is 18.5 Å². The maximum Gasteiger partial charge on any atom is 0.316 e. The van der Waals surface area contributed by atoms with Crippen molar-refractivity contribution in [3.63, 3.8) is 0 Å². The monoisotopic (exact) mass is 585 g/mol. The number of fused-ring (bicyclic) bond motifs is 1. The molecule has 13 heteroatoms. The second-order valence-corrected chi connectivity index (χ2v) is 11.9. The summed E-state index contributed by atoms with van der Waals surface area (Å²) in [7, 11) is -5.02. The van der Waals surface area contributed by atoms with E-state index in [-0.39, 0.29) is 16.3 Å². The molecule has 4 rings (SSSR count). The highest BCUT2D eigenvalue weighted by atomic mass is 35.5. The smallest absolute Gasteiger partial charge is 0.316 e. The maximum atomic E-state index is 15.5. The predicted octanol–water partition coefficient (Wildman–Crippen LogP) is 6.42. The lowest BCUT2D eigenvalue weighted by Gasteiger charge is -2.32. The molecule has 0 amide bonds. The average molecular weight is 586 g/mol. The highest BCUT2D eigenvalue weighted by molar-refractivity contribution is 8.02. The zero-order valence-corrected chi connectivity index (χ0v) is 22.5. The lowest BCUT2D eigenvalue weighted by Crippen LogP contribution is -2.40. The van der Waals surface area contributed by atoms with Gasteiger partial charge in [0.05, 0.1) is 22.5 Å². The molecule has 38 heavy (non-hydrogen) atoms. The number of nitrogens with zero attached hydrogens (tertiary/aromatic N) is 3. The first-order valence-corrected chi connectivity index (χ1v) is 13.3. The van der Waals surface area contributed by atoms with Crippen molar-refractivity contribution in [3.05, 3.63) is 75.9 Å². The van der Waals surface area contributed by atoms with Crippen molar-refractivity contribution < 1.29 is 31.1 Å². The van der Waals surface area contributed by atoms with Crippen molar-refractivity contribution in [3.8, 4) is 11.1 Å². The Morgan fingerprint density at radius 2 is 1.79 bits per heavy atom. The number of esters is 1. The Hall–Kier alpha value is -3.15. The number of rotatable bonds is 5. The number of alkyl halides is 2. The Bertz CT molecular complexity index is 1570. The summed E-state index contributed by atoms with van der Waals surface area (Å²) in [6.07, 6.45) is -0.883. The number of hydrogen-bond acceptors (Lipinski definition) is 6. The van der Waals surface area contributed by atoms with Gasteiger partial charge in [0.2, 0.25) is 0 Å². The van der Waals surface area contributed by atoms with Gasteiger partial charge in [-0.15, -0.1) is 0 Å². The zero-order valence-electron chi connectivity index (χ0n) is 20.2. The van der Waals surface area contributed by atoms with Crippen molar-refractivity contribution in [2.75, 3.05) is 10.8 Å². The van der Waals surface area contributed by atoms with Gasteiger partial charge >= 0.3 is 5.97 Å². The summed E-state index contributed by atoms with van der Waals surface area (Å²) in [6.45, 7) is 3.23. The molecule has 0 aliphatic carbocycles. The van der Waals surface area contributed by atoms with Gasteiger partial charge in [-0.05, 0) is 50.6 Å². The molecule has 7 nitrogen and oxygen atoms in total. The molecule has 1 aliphatic rings. The molecule has 0 N–H and O–H groups in total. The van der Waals surface area contributed by atoms with E-state index in [4.69, 9.17) is 27.9 Å². The van der Waals surface area contributed by atoms with E-state index in [1.165, 1.54) is 32.9 Å². The van der Waals surface area contributed by atoms with Crippen LogP contribution in [0.5, 0.6) is 0 Å². The quantitative estimate of drug-likeness (QED) is 0.321. The molecule has 0 unspecified atom stereocenters. The largest absolute Gasteiger partial charge is 0.422 e. The zero-order chi connectivity index (χ0) is 28.0. The molecule has 2 heterocycles. The van der Waals surface area contributed by atoms with Gasteiger partial charge in [-0.1, -0.05) is 35.3 Å². The van der Waals surface area contributed by atoms with Crippen molar-refractivity contribution in [1.29, 1.82) is 0 Å². The average Bonchev–Trinajstić information content (AvgIpc) is 2.82. The molecular weight excluding hydrogens is 566 g/mol. The molecule has 0 radical (unpaired) electrons. The summed E-state index contributed by atoms with van der Waals surface area (Å²) in [5.41, 5.74) is -1.54. The highest BCUT2D eigenvalue weighted by Gasteiger charge is 2.45. The second kappa shape index (κ2) is 10.2. The summed E-state index contributed by atoms with van der Waals surface area (Å²) < 4.78 is 76.2. The lowest BCUT2D eigenvalue weighted by molar-refractivity contribution is -0.145. The first-order chi connectivity index (χ1) is 17.7. The number of anilines is 1. The van der Waals surface area contributed by atoms with Crippen LogP contribution in [0.2, 0.25) is 10.0 Å². The van der Waals surface area contributed by atoms with Crippen molar-refractivity contribution in [2.24, 2.45) is 5.41 Å². The molecule has 2 aromatic carbocycles. The third-order valence-corrected chi connectivity index (χ3v) is 7.88. The third-order valence-electron chi connectivity index (χ3n) is 5.45. The number of sulfonamides is 1. The number of benzene rings is 2. The standard InChI is InChI=1S/C25H20Cl2F3N3O4S/c1-25(2,3)24(34)37-21-20-23(32-10-9-31-20)33(12-17(29)30)38(35,36)22(21)18-16(28)8-7-15(19(18)27)13-5-4-6-14(26)11-13/h4-11,17H,12H2,1-3H3. The molecular formula is C25H20Cl2F3N3O4S. The van der Waals surface area contributed by atoms with Gasteiger partial charge in [0.15, 0.2) is 17.3 Å². The van der Waals surface area contributed by atoms with Crippen LogP contribution in [0.25, 0.3) is 21.8 Å². The fraction of sp³-hybridized carbons (Fsp3) is 0.240. The van der Waals surface area contributed by atoms with E-state index in [1.807, 2.05) is 0 Å². The van der Waals surface area contributed by atoms with Crippen molar-refractivity contribution >= 4 is 55.7 Å². The van der Waals surface area contributed by atoms with E-state index >= 15 is 4.39 Å². The van der Waals surface area contributed by atoms with Gasteiger partial charge in [-0.25, -0.2) is 35.9 Å². The molecule has 200 valence electrons. The van der Waals surface area contributed by atoms with Crippen LogP contribution in [0.3, 0.4) is 0 Å². The second-order valence-electron chi connectivity index (χ2n) is 9.25. The number of carbonyl (C=O) groups excluding carboxylic acids is 1. The van der Waals surface area contributed by atoms with Crippen LogP contribution in [0.4, 0.5) is 19.0 Å². The predicted molar refractivity (Wildman–Crippen MR) is 139 cm³/mol. The molecule has 1 aromatic heterocycles. The minimum absolute atomic E-state index is 0.195. The van der Waals surface area contributed by atoms with Crippen LogP contribution in [0.1, 0.15) is 32.0 Å². The van der Waals surface area contributed by atoms with Gasteiger partial charge in [0, 0.05) is 23.0 Å². The first kappa shape index (κ1) is 27.9. The fourth-order valence-electron chi connectivity index (χ4n) is 3.65. The van der Waals surface area contributed by atoms with E-state index in [1.54, 1.807) is 18.2 Å². The van der Waals surface area contributed by atoms with E-state index < -0.39 is 62.2 Å². The maximum absolute atomic E-state index is 15.5. The molecule has 0 fully saturated rings. The molecule has 0 spiro atoms. The first-order valence-electron chi connectivity index (χ1n) is 11.1. The topological polar surface area (TPSA) is 89.5 Å². The summed E-state index contributed by atoms with van der Waals surface area (Å²) >= 11 is 12.7. The van der Waals surface area contributed by atoms with Crippen LogP contribution in [0, 0.1) is 11.2 Å². The normalized spacial score (nSPS) is 15.0. The van der Waals surface area contributed by atoms with Crippen LogP contribution < -0.4 is 4.31 Å². The molecule has 0 bridgehead atoms. The molecule has 3 aromatic rings. The number of ether oxygens (including phenoxy) is 1. The summed E-state index contributed by atoms with van der Waals surface area (Å²) in [5.74, 6) is -3.17. The van der Waals surface area contributed by atoms with Gasteiger partial charge in [-0.2, -0.15) is 0 Å². The number of hydrogen-bond donors (Lipinski definition) is 0. The Morgan fingerprint density at radius 1 is 1.11 bits per heavy atom. The van der Waals surface area contributed by atoms with E-state index in [0.29, 0.717) is 14.9 Å². The van der Waals surface area contributed by atoms with Crippen molar-refractivity contribution in [2.45, 2.75) is 27.2 Å². The fourth-order valence-corrected chi connectivity index (χ4v) is 5.98. The molecule has 0 saturated carbocycles. The Morgan fingerprint density at radius 3 is 2.42 bits per heavy atom. The minimum atomic E-state index is -5.02. The Balaban J connectivity index is 2.12. The van der Waals surface area contributed by atoms with E-state index in [2.05, 4.69) is 9.97 Å². The minimum Gasteiger partial charge on any atom is -0.422 e. The van der Waals surface area contributed by atoms with Gasteiger partial charge in [0.1, 0.15) is 10.7 Å². The molecule has 0 atom stereocenters. The number of aromatic nitrogens is 2. The summed E-state index contributed by atoms with van der Waals surface area (Å²) in [5, 5.41) is -0.0412. The van der Waals surface area contributed by atoms with Crippen LogP contribution >= 0.6 is 23.2 Å². The Kier molecular flexibility index (Phi) is 7.48. The highest BCUT2D eigenvalue weighted by Crippen LogP contribution is 2.47. The van der Waals surface area contributed by atoms with Crippen LogP contribution in [-0.4, -0.2) is 37.3 Å². The molecule has 1 aliphatic heterocycles. The lowest BCUT2D eigenvalue weighted by atomic mass is 9.97. The number of halogens is 5. The summed E-state index contributed by atoms with van der Waals surface area (Å²) in [4.78, 5) is 19.9. The molecule has 0 saturated heterocycles. The van der Waals surface area contributed by atoms with Gasteiger partial charge in [-0.3, -0.25) is 4.79 Å². The van der Waals surface area contributed by atoms with Crippen LogP contribution in [0.15, 0.2) is 48.8 Å². The summed E-state index contributed by atoms with van der Waals surface area (Å²) in [6, 6.07) is 8.63.